The third-order valence-electron chi connectivity index (χ3n) is 4.74. The van der Waals surface area contributed by atoms with E-state index in [0.717, 1.165) is 24.2 Å². The van der Waals surface area contributed by atoms with Crippen molar-refractivity contribution in [1.29, 1.82) is 0 Å². The smallest absolute Gasteiger partial charge is 0.236 e. The molecule has 0 bridgehead atoms. The summed E-state index contributed by atoms with van der Waals surface area (Å²) in [6.45, 7) is 3.72. The number of hydrogen-bond acceptors (Lipinski definition) is 4. The van der Waals surface area contributed by atoms with E-state index < -0.39 is 10.0 Å². The Morgan fingerprint density at radius 3 is 2.85 bits per heavy atom. The number of para-hydroxylation sites is 1. The predicted molar refractivity (Wildman–Crippen MR) is 113 cm³/mol. The summed E-state index contributed by atoms with van der Waals surface area (Å²) in [5.74, 6) is 1.01. The molecule has 27 heavy (non-hydrogen) atoms. The van der Waals surface area contributed by atoms with E-state index in [9.17, 15) is 8.42 Å². The van der Waals surface area contributed by atoms with Crippen molar-refractivity contribution < 1.29 is 8.42 Å². The Balaban J connectivity index is 1.49. The highest BCUT2D eigenvalue weighted by Crippen LogP contribution is 2.29. The molecule has 0 saturated carbocycles. The first-order valence-electron chi connectivity index (χ1n) is 9.06. The second-order valence-electron chi connectivity index (χ2n) is 6.60. The fourth-order valence-electron chi connectivity index (χ4n) is 3.15. The largest absolute Gasteiger partial charge is 0.356 e. The van der Waals surface area contributed by atoms with Crippen molar-refractivity contribution in [3.05, 3.63) is 52.2 Å². The summed E-state index contributed by atoms with van der Waals surface area (Å²) in [5.41, 5.74) is 3.19. The van der Waals surface area contributed by atoms with Gasteiger partial charge in [0.15, 0.2) is 5.96 Å². The molecule has 1 aliphatic rings. The Morgan fingerprint density at radius 2 is 2.11 bits per heavy atom. The van der Waals surface area contributed by atoms with Gasteiger partial charge in [-0.05, 0) is 46.4 Å². The molecule has 0 aliphatic carbocycles. The number of hydrogen-bond donors (Lipinski definition) is 2. The van der Waals surface area contributed by atoms with E-state index >= 15 is 0 Å². The number of thiophene rings is 1. The molecule has 0 fully saturated rings. The molecule has 0 amide bonds. The lowest BCUT2D eigenvalue weighted by atomic mass is 10.1. The van der Waals surface area contributed by atoms with Crippen LogP contribution in [0.25, 0.3) is 0 Å². The number of sulfonamides is 1. The van der Waals surface area contributed by atoms with E-state index in [1.165, 1.54) is 9.87 Å². The lowest BCUT2D eigenvalue weighted by Crippen LogP contribution is -2.42. The highest BCUT2D eigenvalue weighted by Gasteiger charge is 2.28. The third kappa shape index (κ3) is 4.81. The molecule has 1 aromatic heterocycles. The van der Waals surface area contributed by atoms with Gasteiger partial charge in [0.25, 0.3) is 0 Å². The number of nitrogens with one attached hydrogen (secondary N) is 2. The summed E-state index contributed by atoms with van der Waals surface area (Å²) in [6.07, 6.45) is 0.770. The normalized spacial score (nSPS) is 15.5. The summed E-state index contributed by atoms with van der Waals surface area (Å²) in [7, 11) is -1.66. The Kier molecular flexibility index (Phi) is 6.38. The maximum atomic E-state index is 12.7. The van der Waals surface area contributed by atoms with Crippen LogP contribution >= 0.6 is 11.3 Å². The monoisotopic (exact) mass is 406 g/mol. The third-order valence-corrected chi connectivity index (χ3v) is 7.22. The predicted octanol–water partition coefficient (Wildman–Crippen LogP) is 2.41. The Bertz CT molecular complexity index is 879. The topological polar surface area (TPSA) is 73.8 Å². The first kappa shape index (κ1) is 19.7. The molecule has 2 aromatic rings. The average Bonchev–Trinajstić information content (AvgIpc) is 3.34. The Labute approximate surface area is 165 Å². The Hall–Kier alpha value is -2.06. The second-order valence-corrected chi connectivity index (χ2v) is 9.40. The number of aliphatic imine (C=N–C) groups is 1. The molecule has 2 N–H and O–H groups in total. The van der Waals surface area contributed by atoms with Crippen molar-refractivity contribution in [2.75, 3.05) is 36.7 Å². The standard InChI is InChI=1S/C19H26N4O2S2/c1-15(17-8-11-26-14-17)13-22-19(20-2)21-9-12-27(24,25)23-10-7-16-5-3-4-6-18(16)23/h3-6,8,11,14-15H,7,9-10,12-13H2,1-2H3,(H2,20,21,22). The van der Waals surface area contributed by atoms with Crippen LogP contribution in [0.3, 0.4) is 0 Å². The summed E-state index contributed by atoms with van der Waals surface area (Å²) in [6, 6.07) is 9.81. The van der Waals surface area contributed by atoms with Gasteiger partial charge in [-0.15, -0.1) is 0 Å². The van der Waals surface area contributed by atoms with E-state index in [2.05, 4.69) is 39.4 Å². The van der Waals surface area contributed by atoms with E-state index in [0.29, 0.717) is 25.0 Å². The fourth-order valence-corrected chi connectivity index (χ4v) is 5.36. The van der Waals surface area contributed by atoms with Crippen LogP contribution in [0.15, 0.2) is 46.1 Å². The van der Waals surface area contributed by atoms with Gasteiger partial charge in [0.1, 0.15) is 0 Å². The highest BCUT2D eigenvalue weighted by atomic mass is 32.2. The van der Waals surface area contributed by atoms with Crippen LogP contribution in [0, 0.1) is 0 Å². The van der Waals surface area contributed by atoms with Crippen LogP contribution in [-0.2, 0) is 16.4 Å². The van der Waals surface area contributed by atoms with Crippen molar-refractivity contribution in [3.8, 4) is 0 Å². The number of anilines is 1. The minimum absolute atomic E-state index is 0.0299. The molecule has 0 spiro atoms. The van der Waals surface area contributed by atoms with Crippen LogP contribution in [0.1, 0.15) is 24.0 Å². The lowest BCUT2D eigenvalue weighted by Gasteiger charge is -2.20. The summed E-state index contributed by atoms with van der Waals surface area (Å²) in [4.78, 5) is 4.18. The number of guanidine groups is 1. The molecule has 3 rings (SSSR count). The zero-order valence-corrected chi connectivity index (χ0v) is 17.3. The molecular weight excluding hydrogens is 380 g/mol. The number of nitrogens with zero attached hydrogens (tertiary/aromatic N) is 2. The van der Waals surface area contributed by atoms with Gasteiger partial charge in [0.05, 0.1) is 11.4 Å². The summed E-state index contributed by atoms with van der Waals surface area (Å²) < 4.78 is 27.0. The van der Waals surface area contributed by atoms with Gasteiger partial charge < -0.3 is 10.6 Å². The van der Waals surface area contributed by atoms with E-state index in [1.807, 2.05) is 24.3 Å². The second kappa shape index (κ2) is 8.75. The van der Waals surface area contributed by atoms with Crippen molar-refractivity contribution in [2.45, 2.75) is 19.3 Å². The highest BCUT2D eigenvalue weighted by molar-refractivity contribution is 7.92. The van der Waals surface area contributed by atoms with Crippen LogP contribution in [0.4, 0.5) is 5.69 Å². The zero-order valence-electron chi connectivity index (χ0n) is 15.7. The van der Waals surface area contributed by atoms with Crippen LogP contribution in [0.5, 0.6) is 0 Å². The Morgan fingerprint density at radius 1 is 1.30 bits per heavy atom. The SMILES string of the molecule is CN=C(NCCS(=O)(=O)N1CCc2ccccc21)NCC(C)c1ccsc1. The average molecular weight is 407 g/mol. The molecule has 1 aliphatic heterocycles. The van der Waals surface area contributed by atoms with Gasteiger partial charge in [-0.25, -0.2) is 8.42 Å². The van der Waals surface area contributed by atoms with Crippen LogP contribution in [-0.4, -0.2) is 46.8 Å². The maximum Gasteiger partial charge on any atom is 0.236 e. The molecule has 0 saturated heterocycles. The lowest BCUT2D eigenvalue weighted by molar-refractivity contribution is 0.590. The fraction of sp³-hybridized carbons (Fsp3) is 0.421. The quantitative estimate of drug-likeness (QED) is 0.547. The van der Waals surface area contributed by atoms with Crippen molar-refractivity contribution in [2.24, 2.45) is 4.99 Å². The first-order chi connectivity index (χ1) is 13.0. The van der Waals surface area contributed by atoms with Crippen LogP contribution in [0.2, 0.25) is 0 Å². The molecule has 1 unspecified atom stereocenters. The first-order valence-corrected chi connectivity index (χ1v) is 11.6. The van der Waals surface area contributed by atoms with Gasteiger partial charge in [-0.3, -0.25) is 9.30 Å². The zero-order chi connectivity index (χ0) is 19.3. The van der Waals surface area contributed by atoms with Gasteiger partial charge in [-0.2, -0.15) is 11.3 Å². The molecular formula is C19H26N4O2S2. The number of rotatable bonds is 7. The van der Waals surface area contributed by atoms with Crippen molar-refractivity contribution in [1.82, 2.24) is 10.6 Å². The molecule has 6 nitrogen and oxygen atoms in total. The molecule has 8 heteroatoms. The van der Waals surface area contributed by atoms with Gasteiger partial charge in [0.2, 0.25) is 10.0 Å². The molecule has 0 radical (unpaired) electrons. The van der Waals surface area contributed by atoms with E-state index in [4.69, 9.17) is 0 Å². The van der Waals surface area contributed by atoms with Gasteiger partial charge >= 0.3 is 0 Å². The van der Waals surface area contributed by atoms with Crippen molar-refractivity contribution >= 4 is 33.0 Å². The van der Waals surface area contributed by atoms with Crippen molar-refractivity contribution in [3.63, 3.8) is 0 Å². The van der Waals surface area contributed by atoms with E-state index in [-0.39, 0.29) is 5.75 Å². The minimum Gasteiger partial charge on any atom is -0.356 e. The van der Waals surface area contributed by atoms with Gasteiger partial charge in [0, 0.05) is 26.7 Å². The number of fused-ring (bicyclic) bond motifs is 1. The van der Waals surface area contributed by atoms with Crippen LogP contribution < -0.4 is 14.9 Å². The summed E-state index contributed by atoms with van der Waals surface area (Å²) in [5, 5.41) is 10.6. The molecule has 146 valence electrons. The minimum atomic E-state index is -3.35. The van der Waals surface area contributed by atoms with E-state index in [1.54, 1.807) is 18.4 Å². The number of benzene rings is 1. The molecule has 1 atom stereocenters. The van der Waals surface area contributed by atoms with Gasteiger partial charge in [-0.1, -0.05) is 25.1 Å². The molecule has 2 heterocycles. The summed E-state index contributed by atoms with van der Waals surface area (Å²) >= 11 is 1.69. The maximum absolute atomic E-state index is 12.7. The molecule has 1 aromatic carbocycles.